The van der Waals surface area contributed by atoms with Crippen LogP contribution in [-0.4, -0.2) is 5.92 Å². The van der Waals surface area contributed by atoms with E-state index in [9.17, 15) is 8.78 Å². The van der Waals surface area contributed by atoms with E-state index >= 15 is 0 Å². The molecule has 0 heterocycles. The van der Waals surface area contributed by atoms with Crippen LogP contribution in [0.2, 0.25) is 0 Å². The standard InChI is InChI=1S/C9H16F2.C2H6/c1-2-9(10,11)8-6-4-3-5-7-8;1-2/h8H,2-7H2,1H3;1-2H3. The molecule has 0 aromatic carbocycles. The summed E-state index contributed by atoms with van der Waals surface area (Å²) in [4.78, 5) is 0. The van der Waals surface area contributed by atoms with Crippen LogP contribution in [0, 0.1) is 5.92 Å². The van der Waals surface area contributed by atoms with Crippen molar-refractivity contribution in [3.05, 3.63) is 0 Å². The Balaban J connectivity index is 0.000000671. The zero-order chi connectivity index (χ0) is 10.3. The van der Waals surface area contributed by atoms with Crippen molar-refractivity contribution in [3.8, 4) is 0 Å². The first-order valence-electron chi connectivity index (χ1n) is 5.54. The molecule has 0 bridgehead atoms. The average molecular weight is 192 g/mol. The molecule has 0 radical (unpaired) electrons. The Morgan fingerprint density at radius 1 is 1.08 bits per heavy atom. The van der Waals surface area contributed by atoms with E-state index in [1.54, 1.807) is 6.92 Å². The Morgan fingerprint density at radius 2 is 1.54 bits per heavy atom. The van der Waals surface area contributed by atoms with Gasteiger partial charge in [0.05, 0.1) is 0 Å². The maximum absolute atomic E-state index is 13.0. The first-order valence-corrected chi connectivity index (χ1v) is 5.54. The van der Waals surface area contributed by atoms with Gasteiger partial charge in [0, 0.05) is 12.3 Å². The normalized spacial score (nSPS) is 19.2. The van der Waals surface area contributed by atoms with Crippen molar-refractivity contribution in [3.63, 3.8) is 0 Å². The Bertz CT molecular complexity index is 115. The SMILES string of the molecule is CC.CCC(F)(F)C1CCCCC1. The molecule has 2 heteroatoms. The highest BCUT2D eigenvalue weighted by Gasteiger charge is 2.37. The average Bonchev–Trinajstić information content (AvgIpc) is 2.22. The van der Waals surface area contributed by atoms with Crippen LogP contribution < -0.4 is 0 Å². The van der Waals surface area contributed by atoms with E-state index < -0.39 is 5.92 Å². The lowest BCUT2D eigenvalue weighted by Gasteiger charge is -2.28. The zero-order valence-corrected chi connectivity index (χ0v) is 9.08. The molecule has 0 saturated heterocycles. The predicted octanol–water partition coefficient (Wildman–Crippen LogP) is 4.64. The number of halogens is 2. The van der Waals surface area contributed by atoms with E-state index in [0.717, 1.165) is 32.1 Å². The number of rotatable bonds is 2. The minimum atomic E-state index is -2.39. The Kier molecular flexibility index (Phi) is 6.27. The largest absolute Gasteiger partial charge is 0.250 e. The van der Waals surface area contributed by atoms with E-state index in [-0.39, 0.29) is 12.3 Å². The van der Waals surface area contributed by atoms with Crippen LogP contribution in [0.5, 0.6) is 0 Å². The first-order chi connectivity index (χ1) is 6.17. The molecule has 0 aromatic rings. The minimum Gasteiger partial charge on any atom is -0.207 e. The third-order valence-electron chi connectivity index (χ3n) is 2.67. The second kappa shape index (κ2) is 6.33. The fourth-order valence-electron chi connectivity index (χ4n) is 1.81. The highest BCUT2D eigenvalue weighted by Crippen LogP contribution is 2.38. The second-order valence-electron chi connectivity index (χ2n) is 3.45. The van der Waals surface area contributed by atoms with Gasteiger partial charge in [-0.2, -0.15) is 0 Å². The van der Waals surface area contributed by atoms with Crippen LogP contribution >= 0.6 is 0 Å². The summed E-state index contributed by atoms with van der Waals surface area (Å²) in [5.74, 6) is -2.71. The van der Waals surface area contributed by atoms with Gasteiger partial charge >= 0.3 is 0 Å². The summed E-state index contributed by atoms with van der Waals surface area (Å²) in [7, 11) is 0. The second-order valence-corrected chi connectivity index (χ2v) is 3.45. The minimum absolute atomic E-state index is 0.0116. The lowest BCUT2D eigenvalue weighted by atomic mass is 9.84. The van der Waals surface area contributed by atoms with E-state index in [1.165, 1.54) is 0 Å². The van der Waals surface area contributed by atoms with Gasteiger partial charge in [-0.05, 0) is 12.8 Å². The molecule has 1 saturated carbocycles. The van der Waals surface area contributed by atoms with Crippen molar-refractivity contribution < 1.29 is 8.78 Å². The molecule has 1 aliphatic carbocycles. The highest BCUT2D eigenvalue weighted by atomic mass is 19.3. The molecule has 0 nitrogen and oxygen atoms in total. The fourth-order valence-corrected chi connectivity index (χ4v) is 1.81. The van der Waals surface area contributed by atoms with E-state index in [2.05, 4.69) is 0 Å². The van der Waals surface area contributed by atoms with Crippen molar-refractivity contribution in [1.82, 2.24) is 0 Å². The lowest BCUT2D eigenvalue weighted by Crippen LogP contribution is -2.29. The van der Waals surface area contributed by atoms with Gasteiger partial charge in [-0.3, -0.25) is 0 Å². The van der Waals surface area contributed by atoms with Crippen molar-refractivity contribution in [1.29, 1.82) is 0 Å². The Hall–Kier alpha value is -0.140. The van der Waals surface area contributed by atoms with Crippen molar-refractivity contribution >= 4 is 0 Å². The summed E-state index contributed by atoms with van der Waals surface area (Å²) < 4.78 is 26.1. The maximum atomic E-state index is 13.0. The molecule has 1 rings (SSSR count). The molecule has 0 spiro atoms. The number of hydrogen-bond acceptors (Lipinski definition) is 0. The number of alkyl halides is 2. The predicted molar refractivity (Wildman–Crippen MR) is 53.2 cm³/mol. The van der Waals surface area contributed by atoms with Gasteiger partial charge in [0.1, 0.15) is 0 Å². The van der Waals surface area contributed by atoms with Gasteiger partial charge in [0.25, 0.3) is 5.92 Å². The van der Waals surface area contributed by atoms with Crippen LogP contribution in [0.3, 0.4) is 0 Å². The summed E-state index contributed by atoms with van der Waals surface area (Å²) in [6.45, 7) is 5.58. The molecule has 13 heavy (non-hydrogen) atoms. The van der Waals surface area contributed by atoms with Crippen molar-refractivity contribution in [2.75, 3.05) is 0 Å². The Labute approximate surface area is 80.7 Å². The molecule has 0 aliphatic heterocycles. The molecule has 1 aliphatic rings. The van der Waals surface area contributed by atoms with Crippen LogP contribution in [0.25, 0.3) is 0 Å². The molecule has 0 aromatic heterocycles. The molecular formula is C11H22F2. The highest BCUT2D eigenvalue weighted by molar-refractivity contribution is 4.78. The smallest absolute Gasteiger partial charge is 0.207 e. The molecule has 0 amide bonds. The van der Waals surface area contributed by atoms with Crippen molar-refractivity contribution in [2.24, 2.45) is 5.92 Å². The van der Waals surface area contributed by atoms with E-state index in [4.69, 9.17) is 0 Å². The van der Waals surface area contributed by atoms with E-state index in [0.29, 0.717) is 0 Å². The molecule has 0 unspecified atom stereocenters. The summed E-state index contributed by atoms with van der Waals surface area (Å²) in [5.41, 5.74) is 0. The van der Waals surface area contributed by atoms with Crippen molar-refractivity contribution in [2.45, 2.75) is 65.2 Å². The van der Waals surface area contributed by atoms with Gasteiger partial charge in [-0.1, -0.05) is 40.0 Å². The summed E-state index contributed by atoms with van der Waals surface area (Å²) in [6, 6.07) is 0. The summed E-state index contributed by atoms with van der Waals surface area (Å²) in [6.07, 6.45) is 4.64. The first kappa shape index (κ1) is 12.9. The molecule has 0 N–H and O–H groups in total. The van der Waals surface area contributed by atoms with Gasteiger partial charge < -0.3 is 0 Å². The monoisotopic (exact) mass is 192 g/mol. The fraction of sp³-hybridized carbons (Fsp3) is 1.00. The Morgan fingerprint density at radius 3 is 1.92 bits per heavy atom. The van der Waals surface area contributed by atoms with Gasteiger partial charge in [0.15, 0.2) is 0 Å². The summed E-state index contributed by atoms with van der Waals surface area (Å²) >= 11 is 0. The zero-order valence-electron chi connectivity index (χ0n) is 9.08. The molecule has 0 atom stereocenters. The van der Waals surface area contributed by atoms with Crippen LogP contribution in [0.1, 0.15) is 59.3 Å². The number of hydrogen-bond donors (Lipinski definition) is 0. The topological polar surface area (TPSA) is 0 Å². The van der Waals surface area contributed by atoms with Gasteiger partial charge in [0.2, 0.25) is 0 Å². The van der Waals surface area contributed by atoms with Crippen LogP contribution in [-0.2, 0) is 0 Å². The van der Waals surface area contributed by atoms with Gasteiger partial charge in [-0.25, -0.2) is 8.78 Å². The third-order valence-corrected chi connectivity index (χ3v) is 2.67. The van der Waals surface area contributed by atoms with Crippen LogP contribution in [0.4, 0.5) is 8.78 Å². The molecule has 80 valence electrons. The van der Waals surface area contributed by atoms with E-state index in [1.807, 2.05) is 13.8 Å². The molecular weight excluding hydrogens is 170 g/mol. The van der Waals surface area contributed by atoms with Gasteiger partial charge in [-0.15, -0.1) is 0 Å². The lowest BCUT2D eigenvalue weighted by molar-refractivity contribution is -0.0733. The maximum Gasteiger partial charge on any atom is 0.250 e. The van der Waals surface area contributed by atoms with Crippen LogP contribution in [0.15, 0.2) is 0 Å². The summed E-state index contributed by atoms with van der Waals surface area (Å²) in [5, 5.41) is 0. The molecule has 1 fully saturated rings. The third kappa shape index (κ3) is 4.06. The quantitative estimate of drug-likeness (QED) is 0.598.